The molecular formula is C6H11N5O. The number of anilines is 1. The van der Waals surface area contributed by atoms with Crippen LogP contribution in [0.4, 0.5) is 10.6 Å². The first-order valence-corrected chi connectivity index (χ1v) is 3.42. The highest BCUT2D eigenvalue weighted by atomic mass is 16.2. The molecule has 0 aliphatic carbocycles. The van der Waals surface area contributed by atoms with Crippen LogP contribution in [0.25, 0.3) is 0 Å². The number of aromatic nitrogens is 2. The number of nitrogens with two attached hydrogens (primary N) is 2. The second kappa shape index (κ2) is 3.22. The van der Waals surface area contributed by atoms with Crippen molar-refractivity contribution >= 4 is 11.8 Å². The summed E-state index contributed by atoms with van der Waals surface area (Å²) >= 11 is 0. The Kier molecular flexibility index (Phi) is 2.29. The first-order chi connectivity index (χ1) is 5.65. The van der Waals surface area contributed by atoms with Gasteiger partial charge in [0.2, 0.25) is 0 Å². The number of amides is 2. The molecule has 0 fully saturated rings. The van der Waals surface area contributed by atoms with E-state index in [4.69, 9.17) is 11.5 Å². The number of primary amides is 1. The SMILES string of the molecule is Cn1ncc(CN)c1NC(N)=O. The van der Waals surface area contributed by atoms with Crippen molar-refractivity contribution in [3.63, 3.8) is 0 Å². The van der Waals surface area contributed by atoms with E-state index in [1.807, 2.05) is 0 Å². The van der Waals surface area contributed by atoms with Gasteiger partial charge in [0.15, 0.2) is 0 Å². The van der Waals surface area contributed by atoms with Crippen LogP contribution in [0.5, 0.6) is 0 Å². The van der Waals surface area contributed by atoms with Crippen LogP contribution in [0.1, 0.15) is 5.56 Å². The van der Waals surface area contributed by atoms with Gasteiger partial charge in [-0.2, -0.15) is 5.10 Å². The van der Waals surface area contributed by atoms with Crippen LogP contribution in [0.3, 0.4) is 0 Å². The van der Waals surface area contributed by atoms with Crippen molar-refractivity contribution in [3.05, 3.63) is 11.8 Å². The summed E-state index contributed by atoms with van der Waals surface area (Å²) in [6, 6.07) is -0.617. The average Bonchev–Trinajstić information content (AvgIpc) is 2.32. The van der Waals surface area contributed by atoms with Gasteiger partial charge in [-0.15, -0.1) is 0 Å². The van der Waals surface area contributed by atoms with Gasteiger partial charge in [-0.05, 0) is 0 Å². The maximum Gasteiger partial charge on any atom is 0.317 e. The maximum atomic E-state index is 10.5. The fourth-order valence-electron chi connectivity index (χ4n) is 0.910. The molecule has 2 amide bonds. The third kappa shape index (κ3) is 1.54. The fourth-order valence-corrected chi connectivity index (χ4v) is 0.910. The lowest BCUT2D eigenvalue weighted by Crippen LogP contribution is -2.22. The predicted octanol–water partition coefficient (Wildman–Crippen LogP) is -0.631. The van der Waals surface area contributed by atoms with Gasteiger partial charge >= 0.3 is 6.03 Å². The molecule has 5 N–H and O–H groups in total. The van der Waals surface area contributed by atoms with E-state index in [1.165, 1.54) is 4.68 Å². The van der Waals surface area contributed by atoms with Crippen LogP contribution in [-0.2, 0) is 13.6 Å². The zero-order valence-corrected chi connectivity index (χ0v) is 6.74. The Bertz CT molecular complexity index is 292. The van der Waals surface area contributed by atoms with Gasteiger partial charge in [0, 0.05) is 19.2 Å². The predicted molar refractivity (Wildman–Crippen MR) is 44.3 cm³/mol. The van der Waals surface area contributed by atoms with Gasteiger partial charge in [0.05, 0.1) is 6.20 Å². The second-order valence-electron chi connectivity index (χ2n) is 2.34. The summed E-state index contributed by atoms with van der Waals surface area (Å²) in [6.07, 6.45) is 1.59. The molecule has 66 valence electrons. The Morgan fingerprint density at radius 2 is 2.50 bits per heavy atom. The molecular weight excluding hydrogens is 158 g/mol. The van der Waals surface area contributed by atoms with Crippen molar-refractivity contribution in [2.45, 2.75) is 6.54 Å². The first-order valence-electron chi connectivity index (χ1n) is 3.42. The minimum atomic E-state index is -0.617. The Hall–Kier alpha value is -1.56. The molecule has 1 aromatic heterocycles. The van der Waals surface area contributed by atoms with E-state index in [-0.39, 0.29) is 0 Å². The van der Waals surface area contributed by atoms with Crippen molar-refractivity contribution in [2.75, 3.05) is 5.32 Å². The lowest BCUT2D eigenvalue weighted by atomic mass is 10.3. The van der Waals surface area contributed by atoms with Crippen LogP contribution < -0.4 is 16.8 Å². The van der Waals surface area contributed by atoms with E-state index in [0.29, 0.717) is 12.4 Å². The van der Waals surface area contributed by atoms with Gasteiger partial charge in [0.25, 0.3) is 0 Å². The average molecular weight is 169 g/mol. The number of carbonyl (C=O) groups excluding carboxylic acids is 1. The van der Waals surface area contributed by atoms with Gasteiger partial charge in [0.1, 0.15) is 5.82 Å². The second-order valence-corrected chi connectivity index (χ2v) is 2.34. The van der Waals surface area contributed by atoms with Crippen LogP contribution in [-0.4, -0.2) is 15.8 Å². The Labute approximate surface area is 69.5 Å². The number of carbonyl (C=O) groups is 1. The molecule has 0 spiro atoms. The molecule has 0 unspecified atom stereocenters. The van der Waals surface area contributed by atoms with E-state index in [1.54, 1.807) is 13.2 Å². The van der Waals surface area contributed by atoms with E-state index < -0.39 is 6.03 Å². The van der Waals surface area contributed by atoms with Gasteiger partial charge in [-0.25, -0.2) is 4.79 Å². The molecule has 1 heterocycles. The standard InChI is InChI=1S/C6H11N5O/c1-11-5(10-6(8)12)4(2-7)3-9-11/h3H,2,7H2,1H3,(H3,8,10,12). The molecule has 0 bridgehead atoms. The highest BCUT2D eigenvalue weighted by Crippen LogP contribution is 2.11. The number of hydrogen-bond acceptors (Lipinski definition) is 3. The molecule has 0 saturated heterocycles. The number of nitrogens with one attached hydrogen (secondary N) is 1. The number of urea groups is 1. The topological polar surface area (TPSA) is 99.0 Å². The minimum Gasteiger partial charge on any atom is -0.351 e. The van der Waals surface area contributed by atoms with Gasteiger partial charge in [-0.3, -0.25) is 10.00 Å². The van der Waals surface area contributed by atoms with E-state index in [0.717, 1.165) is 5.56 Å². The molecule has 6 nitrogen and oxygen atoms in total. The van der Waals surface area contributed by atoms with Crippen molar-refractivity contribution in [1.82, 2.24) is 9.78 Å². The number of hydrogen-bond donors (Lipinski definition) is 3. The largest absolute Gasteiger partial charge is 0.351 e. The summed E-state index contributed by atoms with van der Waals surface area (Å²) in [5.41, 5.74) is 11.1. The highest BCUT2D eigenvalue weighted by Gasteiger charge is 2.07. The minimum absolute atomic E-state index is 0.323. The normalized spacial score (nSPS) is 9.83. The molecule has 0 aliphatic rings. The van der Waals surface area contributed by atoms with Crippen molar-refractivity contribution in [1.29, 1.82) is 0 Å². The molecule has 12 heavy (non-hydrogen) atoms. The molecule has 6 heteroatoms. The van der Waals surface area contributed by atoms with Crippen LogP contribution >= 0.6 is 0 Å². The Balaban J connectivity index is 2.94. The smallest absolute Gasteiger partial charge is 0.317 e. The van der Waals surface area contributed by atoms with Crippen LogP contribution in [0.2, 0.25) is 0 Å². The molecule has 1 aromatic rings. The summed E-state index contributed by atoms with van der Waals surface area (Å²) < 4.78 is 1.51. The molecule has 1 rings (SSSR count). The highest BCUT2D eigenvalue weighted by molar-refractivity contribution is 5.87. The molecule has 0 saturated carbocycles. The summed E-state index contributed by atoms with van der Waals surface area (Å²) in [5.74, 6) is 0.546. The fraction of sp³-hybridized carbons (Fsp3) is 0.333. The van der Waals surface area contributed by atoms with E-state index >= 15 is 0 Å². The number of nitrogens with zero attached hydrogens (tertiary/aromatic N) is 2. The third-order valence-electron chi connectivity index (χ3n) is 1.48. The Morgan fingerprint density at radius 3 is 3.00 bits per heavy atom. The zero-order valence-electron chi connectivity index (χ0n) is 6.74. The monoisotopic (exact) mass is 169 g/mol. The quantitative estimate of drug-likeness (QED) is 0.549. The van der Waals surface area contributed by atoms with Gasteiger partial charge < -0.3 is 11.5 Å². The third-order valence-corrected chi connectivity index (χ3v) is 1.48. The van der Waals surface area contributed by atoms with Crippen LogP contribution in [0, 0.1) is 0 Å². The van der Waals surface area contributed by atoms with Crippen molar-refractivity contribution in [2.24, 2.45) is 18.5 Å². The molecule has 0 atom stereocenters. The van der Waals surface area contributed by atoms with Gasteiger partial charge in [-0.1, -0.05) is 0 Å². The summed E-state index contributed by atoms with van der Waals surface area (Å²) in [4.78, 5) is 10.5. The van der Waals surface area contributed by atoms with Crippen LogP contribution in [0.15, 0.2) is 6.20 Å². The molecule has 0 radical (unpaired) electrons. The van der Waals surface area contributed by atoms with E-state index in [2.05, 4.69) is 10.4 Å². The molecule has 0 aromatic carbocycles. The van der Waals surface area contributed by atoms with Crippen molar-refractivity contribution < 1.29 is 4.79 Å². The maximum absolute atomic E-state index is 10.5. The molecule has 0 aliphatic heterocycles. The lowest BCUT2D eigenvalue weighted by molar-refractivity contribution is 0.259. The first kappa shape index (κ1) is 8.54. The number of rotatable bonds is 2. The van der Waals surface area contributed by atoms with Crippen molar-refractivity contribution in [3.8, 4) is 0 Å². The summed E-state index contributed by atoms with van der Waals surface area (Å²) in [6.45, 7) is 0.323. The zero-order chi connectivity index (χ0) is 9.14. The van der Waals surface area contributed by atoms with E-state index in [9.17, 15) is 4.79 Å². The lowest BCUT2D eigenvalue weighted by Gasteiger charge is -2.03. The summed E-state index contributed by atoms with van der Waals surface area (Å²) in [5, 5.41) is 6.34. The Morgan fingerprint density at radius 1 is 1.83 bits per heavy atom. The number of aryl methyl sites for hydroxylation is 1. The summed E-state index contributed by atoms with van der Waals surface area (Å²) in [7, 11) is 1.70.